The molecule has 12 heteroatoms. The molecule has 214 valence electrons. The molecule has 0 unspecified atom stereocenters. The maximum atomic E-state index is 13.8. The van der Waals surface area contributed by atoms with Crippen molar-refractivity contribution in [2.45, 2.75) is 29.9 Å². The van der Waals surface area contributed by atoms with Crippen molar-refractivity contribution in [3.05, 3.63) is 84.7 Å². The van der Waals surface area contributed by atoms with Crippen LogP contribution < -0.4 is 4.90 Å². The highest BCUT2D eigenvalue weighted by atomic mass is 32.2. The number of halogens is 1. The van der Waals surface area contributed by atoms with Gasteiger partial charge in [-0.2, -0.15) is 4.31 Å². The second-order valence-corrected chi connectivity index (χ2v) is 12.5. The number of anilines is 1. The van der Waals surface area contributed by atoms with E-state index in [1.807, 2.05) is 44.2 Å². The van der Waals surface area contributed by atoms with Crippen molar-refractivity contribution in [1.29, 1.82) is 0 Å². The van der Waals surface area contributed by atoms with Gasteiger partial charge < -0.3 is 9.64 Å². The highest BCUT2D eigenvalue weighted by Gasteiger charge is 2.28. The second kappa shape index (κ2) is 12.5. The Morgan fingerprint density at radius 1 is 1.00 bits per heavy atom. The minimum absolute atomic E-state index is 0.0628. The van der Waals surface area contributed by atoms with Crippen molar-refractivity contribution >= 4 is 33.4 Å². The van der Waals surface area contributed by atoms with E-state index in [0.717, 1.165) is 5.69 Å². The fourth-order valence-electron chi connectivity index (χ4n) is 4.62. The van der Waals surface area contributed by atoms with Gasteiger partial charge in [-0.05, 0) is 62.4 Å². The normalized spacial score (nSPS) is 14.3. The molecule has 1 aromatic heterocycles. The minimum Gasteiger partial charge on any atom is -0.379 e. The van der Waals surface area contributed by atoms with Crippen LogP contribution in [0, 0.1) is 5.82 Å². The molecule has 0 N–H and O–H groups in total. The largest absolute Gasteiger partial charge is 0.379 e. The number of aromatic nitrogens is 3. The van der Waals surface area contributed by atoms with E-state index in [0.29, 0.717) is 35.4 Å². The van der Waals surface area contributed by atoms with Gasteiger partial charge in [0.05, 0.1) is 23.9 Å². The molecule has 0 atom stereocenters. The van der Waals surface area contributed by atoms with Gasteiger partial charge in [0.2, 0.25) is 15.9 Å². The number of para-hydroxylation sites is 1. The maximum absolute atomic E-state index is 13.8. The lowest BCUT2D eigenvalue weighted by molar-refractivity contribution is -0.116. The Labute approximate surface area is 243 Å². The number of carbonyl (C=O) groups excluding carboxylic acids is 1. The van der Waals surface area contributed by atoms with E-state index in [-0.39, 0.29) is 35.7 Å². The first kappa shape index (κ1) is 28.9. The summed E-state index contributed by atoms with van der Waals surface area (Å²) in [5.41, 5.74) is 1.89. The van der Waals surface area contributed by atoms with Crippen LogP contribution in [-0.2, 0) is 19.6 Å². The molecule has 0 aliphatic carbocycles. The summed E-state index contributed by atoms with van der Waals surface area (Å²) in [4.78, 5) is 15.2. The molecular weight excluding hydrogens is 565 g/mol. The third kappa shape index (κ3) is 6.35. The Morgan fingerprint density at radius 2 is 1.71 bits per heavy atom. The number of thioether (sulfide) groups is 1. The SMILES string of the molecule is CC(C)N(C(=O)CSc1nnc(-c2cccc(S(=O)(=O)N3CCOCC3)c2)n1-c1ccc(F)cc1)c1ccccc1. The average Bonchev–Trinajstić information content (AvgIpc) is 3.41. The number of morpholine rings is 1. The number of amides is 1. The fraction of sp³-hybridized carbons (Fsp3) is 0.276. The molecule has 4 aromatic rings. The van der Waals surface area contributed by atoms with Gasteiger partial charge in [0.15, 0.2) is 11.0 Å². The summed E-state index contributed by atoms with van der Waals surface area (Å²) >= 11 is 1.21. The van der Waals surface area contributed by atoms with Crippen LogP contribution in [0.5, 0.6) is 0 Å². The molecule has 1 aliphatic rings. The van der Waals surface area contributed by atoms with Crippen molar-refractivity contribution < 1.29 is 22.3 Å². The Balaban J connectivity index is 1.48. The predicted molar refractivity (Wildman–Crippen MR) is 156 cm³/mol. The lowest BCUT2D eigenvalue weighted by Gasteiger charge is -2.26. The van der Waals surface area contributed by atoms with Gasteiger partial charge in [-0.3, -0.25) is 9.36 Å². The van der Waals surface area contributed by atoms with Crippen LogP contribution in [0.25, 0.3) is 17.1 Å². The molecule has 5 rings (SSSR count). The van der Waals surface area contributed by atoms with Crippen LogP contribution in [0.1, 0.15) is 13.8 Å². The number of sulfonamides is 1. The molecule has 2 heterocycles. The molecule has 1 amide bonds. The van der Waals surface area contributed by atoms with E-state index in [2.05, 4.69) is 10.2 Å². The zero-order chi connectivity index (χ0) is 29.0. The highest BCUT2D eigenvalue weighted by Crippen LogP contribution is 2.31. The Kier molecular flexibility index (Phi) is 8.83. The van der Waals surface area contributed by atoms with E-state index >= 15 is 0 Å². The summed E-state index contributed by atoms with van der Waals surface area (Å²) < 4.78 is 48.9. The third-order valence-electron chi connectivity index (χ3n) is 6.56. The van der Waals surface area contributed by atoms with E-state index < -0.39 is 15.8 Å². The molecule has 1 aliphatic heterocycles. The van der Waals surface area contributed by atoms with Crippen molar-refractivity contribution in [2.24, 2.45) is 0 Å². The fourth-order valence-corrected chi connectivity index (χ4v) is 6.89. The third-order valence-corrected chi connectivity index (χ3v) is 9.37. The van der Waals surface area contributed by atoms with Crippen LogP contribution in [0.3, 0.4) is 0 Å². The van der Waals surface area contributed by atoms with Crippen molar-refractivity contribution in [3.63, 3.8) is 0 Å². The summed E-state index contributed by atoms with van der Waals surface area (Å²) in [5, 5.41) is 9.15. The highest BCUT2D eigenvalue weighted by molar-refractivity contribution is 7.99. The first-order valence-electron chi connectivity index (χ1n) is 13.2. The van der Waals surface area contributed by atoms with Gasteiger partial charge in [0, 0.05) is 36.1 Å². The lowest BCUT2D eigenvalue weighted by Crippen LogP contribution is -2.40. The number of ether oxygens (including phenoxy) is 1. The van der Waals surface area contributed by atoms with Crippen LogP contribution >= 0.6 is 11.8 Å². The van der Waals surface area contributed by atoms with E-state index in [4.69, 9.17) is 4.74 Å². The number of rotatable bonds is 9. The summed E-state index contributed by atoms with van der Waals surface area (Å²) in [6.45, 7) is 5.15. The molecule has 9 nitrogen and oxygen atoms in total. The smallest absolute Gasteiger partial charge is 0.243 e. The zero-order valence-electron chi connectivity index (χ0n) is 22.7. The van der Waals surface area contributed by atoms with Crippen molar-refractivity contribution in [1.82, 2.24) is 19.1 Å². The summed E-state index contributed by atoms with van der Waals surface area (Å²) in [6, 6.07) is 21.7. The molecule has 3 aromatic carbocycles. The maximum Gasteiger partial charge on any atom is 0.243 e. The van der Waals surface area contributed by atoms with Crippen LogP contribution in [0.4, 0.5) is 10.1 Å². The first-order valence-corrected chi connectivity index (χ1v) is 15.6. The zero-order valence-corrected chi connectivity index (χ0v) is 24.3. The monoisotopic (exact) mass is 595 g/mol. The van der Waals surface area contributed by atoms with Gasteiger partial charge in [0.1, 0.15) is 5.82 Å². The number of hydrogen-bond donors (Lipinski definition) is 0. The van der Waals surface area contributed by atoms with E-state index in [9.17, 15) is 17.6 Å². The van der Waals surface area contributed by atoms with Crippen LogP contribution in [-0.4, -0.2) is 71.5 Å². The van der Waals surface area contributed by atoms with Crippen molar-refractivity contribution in [2.75, 3.05) is 37.0 Å². The molecule has 41 heavy (non-hydrogen) atoms. The Hall–Kier alpha value is -3.58. The number of hydrogen-bond acceptors (Lipinski definition) is 7. The first-order chi connectivity index (χ1) is 19.8. The standard InChI is InChI=1S/C29H30FN5O4S2/c1-21(2)34(24-8-4-3-5-9-24)27(36)20-40-29-32-31-28(35(29)25-13-11-23(30)12-14-25)22-7-6-10-26(19-22)41(37,38)33-15-17-39-18-16-33/h3-14,19,21H,15-18,20H2,1-2H3. The number of carbonyl (C=O) groups is 1. The number of nitrogens with zero attached hydrogens (tertiary/aromatic N) is 5. The second-order valence-electron chi connectivity index (χ2n) is 9.64. The quantitative estimate of drug-likeness (QED) is 0.260. The van der Waals surface area contributed by atoms with E-state index in [1.54, 1.807) is 45.9 Å². The van der Waals surface area contributed by atoms with Crippen LogP contribution in [0.2, 0.25) is 0 Å². The average molecular weight is 596 g/mol. The summed E-state index contributed by atoms with van der Waals surface area (Å²) in [5.74, 6) is -0.0566. The van der Waals surface area contributed by atoms with E-state index in [1.165, 1.54) is 28.2 Å². The number of benzene rings is 3. The topological polar surface area (TPSA) is 97.6 Å². The predicted octanol–water partition coefficient (Wildman–Crippen LogP) is 4.63. The summed E-state index contributed by atoms with van der Waals surface area (Å²) in [7, 11) is -3.74. The molecule has 0 spiro atoms. The van der Waals surface area contributed by atoms with Gasteiger partial charge in [-0.1, -0.05) is 42.1 Å². The molecule has 0 bridgehead atoms. The Bertz CT molecular complexity index is 1610. The lowest BCUT2D eigenvalue weighted by atomic mass is 10.2. The van der Waals surface area contributed by atoms with Gasteiger partial charge in [-0.15, -0.1) is 10.2 Å². The molecule has 0 radical (unpaired) electrons. The van der Waals surface area contributed by atoms with Crippen LogP contribution in [0.15, 0.2) is 88.9 Å². The van der Waals surface area contributed by atoms with Crippen molar-refractivity contribution in [3.8, 4) is 17.1 Å². The minimum atomic E-state index is -3.74. The molecular formula is C29H30FN5O4S2. The summed E-state index contributed by atoms with van der Waals surface area (Å²) in [6.07, 6.45) is 0. The van der Waals surface area contributed by atoms with Gasteiger partial charge in [0.25, 0.3) is 0 Å². The van der Waals surface area contributed by atoms with Gasteiger partial charge in [-0.25, -0.2) is 12.8 Å². The molecule has 1 saturated heterocycles. The Morgan fingerprint density at radius 3 is 2.39 bits per heavy atom. The molecule has 1 fully saturated rings. The van der Waals surface area contributed by atoms with Gasteiger partial charge >= 0.3 is 0 Å². The molecule has 0 saturated carbocycles.